The molecule has 0 bridgehead atoms. The maximum atomic E-state index is 12.2. The minimum atomic E-state index is -1.03. The zero-order valence-electron chi connectivity index (χ0n) is 14.4. The summed E-state index contributed by atoms with van der Waals surface area (Å²) >= 11 is 0. The lowest BCUT2D eigenvalue weighted by Gasteiger charge is -2.27. The van der Waals surface area contributed by atoms with E-state index >= 15 is 0 Å². The summed E-state index contributed by atoms with van der Waals surface area (Å²) in [6.45, 7) is 3.42. The number of ether oxygens (including phenoxy) is 1. The molecule has 1 atom stereocenters. The Bertz CT molecular complexity index is 567. The fourth-order valence-corrected chi connectivity index (χ4v) is 2.32. The summed E-state index contributed by atoms with van der Waals surface area (Å²) in [7, 11) is 1.56. The number of benzene rings is 1. The Balaban J connectivity index is 2.52. The average Bonchev–Trinajstić information content (AvgIpc) is 2.58. The Morgan fingerprint density at radius 3 is 2.29 bits per heavy atom. The lowest BCUT2D eigenvalue weighted by Crippen LogP contribution is -2.41. The van der Waals surface area contributed by atoms with Crippen molar-refractivity contribution < 1.29 is 24.2 Å². The van der Waals surface area contributed by atoms with Crippen LogP contribution in [0.2, 0.25) is 0 Å². The van der Waals surface area contributed by atoms with Crippen LogP contribution in [0.1, 0.15) is 49.9 Å². The van der Waals surface area contributed by atoms with E-state index in [0.29, 0.717) is 24.2 Å². The van der Waals surface area contributed by atoms with Gasteiger partial charge in [0.25, 0.3) is 0 Å². The number of hydrogen-bond acceptors (Lipinski definition) is 4. The van der Waals surface area contributed by atoms with Crippen LogP contribution in [0.4, 0.5) is 0 Å². The van der Waals surface area contributed by atoms with E-state index in [2.05, 4.69) is 0 Å². The maximum absolute atomic E-state index is 12.2. The third kappa shape index (κ3) is 6.02. The molecular formula is C18H25NO5. The molecule has 6 heteroatoms. The van der Waals surface area contributed by atoms with Crippen molar-refractivity contribution in [1.82, 2.24) is 4.90 Å². The molecule has 1 N–H and O–H groups in total. The Morgan fingerprint density at radius 2 is 1.79 bits per heavy atom. The summed E-state index contributed by atoms with van der Waals surface area (Å²) in [5.74, 6) is -0.620. The minimum absolute atomic E-state index is 0.0428. The number of rotatable bonds is 10. The van der Waals surface area contributed by atoms with Crippen molar-refractivity contribution in [2.75, 3.05) is 13.7 Å². The number of ketones is 1. The van der Waals surface area contributed by atoms with Gasteiger partial charge < -0.3 is 14.7 Å². The first-order valence-corrected chi connectivity index (χ1v) is 8.07. The van der Waals surface area contributed by atoms with E-state index in [1.807, 2.05) is 13.8 Å². The number of carbonyl (C=O) groups is 3. The number of nitrogens with zero attached hydrogens (tertiary/aromatic N) is 1. The smallest absolute Gasteiger partial charge is 0.323 e. The van der Waals surface area contributed by atoms with E-state index in [-0.39, 0.29) is 37.1 Å². The molecule has 24 heavy (non-hydrogen) atoms. The van der Waals surface area contributed by atoms with E-state index in [4.69, 9.17) is 9.84 Å². The standard InChI is InChI=1S/C18H25NO5/c1-4-13(2)19(12-18(22)23)17(21)7-5-6-16(20)14-8-10-15(24-3)11-9-14/h8-11,13H,4-7,12H2,1-3H3,(H,22,23). The molecule has 1 aromatic rings. The lowest BCUT2D eigenvalue weighted by molar-refractivity contribution is -0.146. The summed E-state index contributed by atoms with van der Waals surface area (Å²) in [5, 5.41) is 8.92. The van der Waals surface area contributed by atoms with Crippen LogP contribution in [0, 0.1) is 0 Å². The summed E-state index contributed by atoms with van der Waals surface area (Å²) in [5.41, 5.74) is 0.576. The summed E-state index contributed by atoms with van der Waals surface area (Å²) in [6.07, 6.45) is 1.50. The number of amides is 1. The molecule has 0 radical (unpaired) electrons. The second-order valence-corrected chi connectivity index (χ2v) is 5.68. The Hall–Kier alpha value is -2.37. The van der Waals surface area contributed by atoms with Crippen molar-refractivity contribution in [3.05, 3.63) is 29.8 Å². The molecular weight excluding hydrogens is 310 g/mol. The minimum Gasteiger partial charge on any atom is -0.497 e. The van der Waals surface area contributed by atoms with Gasteiger partial charge in [-0.15, -0.1) is 0 Å². The second-order valence-electron chi connectivity index (χ2n) is 5.68. The van der Waals surface area contributed by atoms with Gasteiger partial charge in [0.05, 0.1) is 7.11 Å². The molecule has 0 fully saturated rings. The molecule has 1 amide bonds. The number of carbonyl (C=O) groups excluding carboxylic acids is 2. The molecule has 0 aliphatic heterocycles. The number of aliphatic carboxylic acids is 1. The highest BCUT2D eigenvalue weighted by Gasteiger charge is 2.21. The number of methoxy groups -OCH3 is 1. The molecule has 0 aliphatic rings. The molecule has 0 heterocycles. The average molecular weight is 335 g/mol. The summed E-state index contributed by atoms with van der Waals surface area (Å²) < 4.78 is 5.04. The highest BCUT2D eigenvalue weighted by Crippen LogP contribution is 2.15. The molecule has 132 valence electrons. The first-order chi connectivity index (χ1) is 11.4. The summed E-state index contributed by atoms with van der Waals surface area (Å²) in [6, 6.07) is 6.69. The van der Waals surface area contributed by atoms with Crippen LogP contribution >= 0.6 is 0 Å². The number of carboxylic acid groups (broad SMARTS) is 1. The Morgan fingerprint density at radius 1 is 1.17 bits per heavy atom. The molecule has 0 spiro atoms. The maximum Gasteiger partial charge on any atom is 0.323 e. The largest absolute Gasteiger partial charge is 0.497 e. The number of hydrogen-bond donors (Lipinski definition) is 1. The topological polar surface area (TPSA) is 83.9 Å². The van der Waals surface area contributed by atoms with Crippen LogP contribution in [0.5, 0.6) is 5.75 Å². The van der Waals surface area contributed by atoms with E-state index in [1.165, 1.54) is 4.90 Å². The van der Waals surface area contributed by atoms with Gasteiger partial charge in [0.2, 0.25) is 5.91 Å². The van der Waals surface area contributed by atoms with Gasteiger partial charge in [-0.25, -0.2) is 0 Å². The van der Waals surface area contributed by atoms with Crippen molar-refractivity contribution in [3.8, 4) is 5.75 Å². The fraction of sp³-hybridized carbons (Fsp3) is 0.500. The van der Waals surface area contributed by atoms with Gasteiger partial charge in [-0.3, -0.25) is 14.4 Å². The van der Waals surface area contributed by atoms with Crippen LogP contribution in [0.3, 0.4) is 0 Å². The van der Waals surface area contributed by atoms with Gasteiger partial charge in [0, 0.05) is 24.4 Å². The van der Waals surface area contributed by atoms with Crippen LogP contribution in [0.15, 0.2) is 24.3 Å². The monoisotopic (exact) mass is 335 g/mol. The van der Waals surface area contributed by atoms with Crippen molar-refractivity contribution in [2.24, 2.45) is 0 Å². The number of Topliss-reactive ketones (excluding diaryl/α,β-unsaturated/α-hetero) is 1. The third-order valence-corrected chi connectivity index (χ3v) is 3.96. The van der Waals surface area contributed by atoms with Crippen molar-refractivity contribution >= 4 is 17.7 Å². The van der Waals surface area contributed by atoms with Gasteiger partial charge in [-0.2, -0.15) is 0 Å². The first kappa shape index (κ1) is 19.7. The first-order valence-electron chi connectivity index (χ1n) is 8.07. The van der Waals surface area contributed by atoms with E-state index in [0.717, 1.165) is 0 Å². The highest BCUT2D eigenvalue weighted by atomic mass is 16.5. The molecule has 0 saturated carbocycles. The van der Waals surface area contributed by atoms with E-state index in [9.17, 15) is 14.4 Å². The van der Waals surface area contributed by atoms with Crippen LogP contribution in [-0.2, 0) is 9.59 Å². The Labute approximate surface area is 142 Å². The van der Waals surface area contributed by atoms with Gasteiger partial charge in [0.1, 0.15) is 12.3 Å². The molecule has 1 unspecified atom stereocenters. The van der Waals surface area contributed by atoms with Crippen LogP contribution in [0.25, 0.3) is 0 Å². The predicted octanol–water partition coefficient (Wildman–Crippen LogP) is 2.76. The Kier molecular flexibility index (Phi) is 7.95. The molecule has 1 rings (SSSR count). The molecule has 1 aromatic carbocycles. The van der Waals surface area contributed by atoms with E-state index < -0.39 is 5.97 Å². The number of carboxylic acids is 1. The fourth-order valence-electron chi connectivity index (χ4n) is 2.32. The lowest BCUT2D eigenvalue weighted by atomic mass is 10.0. The quantitative estimate of drug-likeness (QED) is 0.665. The zero-order chi connectivity index (χ0) is 18.1. The van der Waals surface area contributed by atoms with Gasteiger partial charge in [-0.1, -0.05) is 6.92 Å². The van der Waals surface area contributed by atoms with Crippen LogP contribution in [-0.4, -0.2) is 47.4 Å². The highest BCUT2D eigenvalue weighted by molar-refractivity contribution is 5.96. The molecule has 0 aliphatic carbocycles. The molecule has 0 aromatic heterocycles. The second kappa shape index (κ2) is 9.70. The van der Waals surface area contributed by atoms with Crippen molar-refractivity contribution in [3.63, 3.8) is 0 Å². The van der Waals surface area contributed by atoms with Gasteiger partial charge in [0.15, 0.2) is 5.78 Å². The summed E-state index contributed by atoms with van der Waals surface area (Å²) in [4.78, 5) is 36.6. The van der Waals surface area contributed by atoms with Gasteiger partial charge >= 0.3 is 5.97 Å². The van der Waals surface area contributed by atoms with E-state index in [1.54, 1.807) is 31.4 Å². The normalized spacial score (nSPS) is 11.6. The van der Waals surface area contributed by atoms with Gasteiger partial charge in [-0.05, 0) is 44.0 Å². The van der Waals surface area contributed by atoms with Crippen LogP contribution < -0.4 is 4.74 Å². The predicted molar refractivity (Wildman–Crippen MR) is 90.3 cm³/mol. The van der Waals surface area contributed by atoms with Crippen molar-refractivity contribution in [2.45, 2.75) is 45.6 Å². The third-order valence-electron chi connectivity index (χ3n) is 3.96. The molecule has 6 nitrogen and oxygen atoms in total. The van der Waals surface area contributed by atoms with Crippen molar-refractivity contribution in [1.29, 1.82) is 0 Å². The molecule has 0 saturated heterocycles. The SMILES string of the molecule is CCC(C)N(CC(=O)O)C(=O)CCCC(=O)c1ccc(OC)cc1. The zero-order valence-corrected chi connectivity index (χ0v) is 14.4.